The summed E-state index contributed by atoms with van der Waals surface area (Å²) in [6.45, 7) is 8.07. The monoisotopic (exact) mass is 493 g/mol. The van der Waals surface area contributed by atoms with E-state index in [4.69, 9.17) is 14.2 Å². The SMILES string of the molecule is CCOc1ccc(CCNC(=NC)NCC(C)C(=O)OC)cc1OCC.I. The summed E-state index contributed by atoms with van der Waals surface area (Å²) in [5.41, 5.74) is 1.14. The molecule has 8 heteroatoms. The van der Waals surface area contributed by atoms with Gasteiger partial charge in [-0.25, -0.2) is 0 Å². The van der Waals surface area contributed by atoms with Gasteiger partial charge in [0.05, 0.1) is 26.2 Å². The van der Waals surface area contributed by atoms with Crippen molar-refractivity contribution >= 4 is 35.9 Å². The molecule has 0 saturated heterocycles. The van der Waals surface area contributed by atoms with Gasteiger partial charge >= 0.3 is 5.97 Å². The lowest BCUT2D eigenvalue weighted by atomic mass is 10.1. The molecule has 7 nitrogen and oxygen atoms in total. The van der Waals surface area contributed by atoms with Crippen LogP contribution in [0.1, 0.15) is 26.3 Å². The van der Waals surface area contributed by atoms with E-state index < -0.39 is 0 Å². The van der Waals surface area contributed by atoms with Crippen LogP contribution in [0, 0.1) is 5.92 Å². The fourth-order valence-electron chi connectivity index (χ4n) is 2.33. The summed E-state index contributed by atoms with van der Waals surface area (Å²) in [5, 5.41) is 6.36. The summed E-state index contributed by atoms with van der Waals surface area (Å²) >= 11 is 0. The minimum Gasteiger partial charge on any atom is -0.490 e. The molecule has 27 heavy (non-hydrogen) atoms. The Bertz CT molecular complexity index is 596. The lowest BCUT2D eigenvalue weighted by molar-refractivity contribution is -0.144. The Balaban J connectivity index is 0.00000676. The van der Waals surface area contributed by atoms with Crippen molar-refractivity contribution < 1.29 is 19.0 Å². The molecule has 0 aliphatic heterocycles. The van der Waals surface area contributed by atoms with E-state index in [1.807, 2.05) is 32.0 Å². The topological polar surface area (TPSA) is 81.2 Å². The highest BCUT2D eigenvalue weighted by atomic mass is 127. The van der Waals surface area contributed by atoms with Crippen LogP contribution in [0.15, 0.2) is 23.2 Å². The molecule has 0 aromatic heterocycles. The standard InChI is InChI=1S/C19H31N3O4.HI/c1-6-25-16-9-8-15(12-17(16)26-7-2)10-11-21-19(20-4)22-13-14(3)18(23)24-5;/h8-9,12,14H,6-7,10-11,13H2,1-5H3,(H2,20,21,22);1H. The highest BCUT2D eigenvalue weighted by Gasteiger charge is 2.13. The Morgan fingerprint density at radius 3 is 2.41 bits per heavy atom. The van der Waals surface area contributed by atoms with Crippen LogP contribution in [0.4, 0.5) is 0 Å². The van der Waals surface area contributed by atoms with Gasteiger partial charge in [0.2, 0.25) is 0 Å². The van der Waals surface area contributed by atoms with E-state index in [0.29, 0.717) is 32.3 Å². The first-order valence-corrected chi connectivity index (χ1v) is 8.96. The number of benzene rings is 1. The van der Waals surface area contributed by atoms with Crippen LogP contribution in [0.3, 0.4) is 0 Å². The zero-order valence-electron chi connectivity index (χ0n) is 16.8. The van der Waals surface area contributed by atoms with Crippen molar-refractivity contribution in [2.45, 2.75) is 27.2 Å². The average molecular weight is 493 g/mol. The molecule has 2 N–H and O–H groups in total. The van der Waals surface area contributed by atoms with Crippen LogP contribution in [0.5, 0.6) is 11.5 Å². The molecular weight excluding hydrogens is 461 g/mol. The summed E-state index contributed by atoms with van der Waals surface area (Å²) < 4.78 is 15.9. The number of halogens is 1. The number of nitrogens with one attached hydrogen (secondary N) is 2. The molecule has 0 heterocycles. The maximum absolute atomic E-state index is 11.4. The van der Waals surface area contributed by atoms with Crippen LogP contribution >= 0.6 is 24.0 Å². The number of nitrogens with zero attached hydrogens (tertiary/aromatic N) is 1. The molecule has 0 aliphatic rings. The lowest BCUT2D eigenvalue weighted by Crippen LogP contribution is -2.41. The summed E-state index contributed by atoms with van der Waals surface area (Å²) in [7, 11) is 3.08. The fraction of sp³-hybridized carbons (Fsp3) is 0.579. The van der Waals surface area contributed by atoms with Crippen molar-refractivity contribution in [1.82, 2.24) is 10.6 Å². The van der Waals surface area contributed by atoms with Gasteiger partial charge in [0.1, 0.15) is 0 Å². The van der Waals surface area contributed by atoms with Crippen molar-refractivity contribution in [3.8, 4) is 11.5 Å². The van der Waals surface area contributed by atoms with Gasteiger partial charge in [-0.05, 0) is 38.0 Å². The van der Waals surface area contributed by atoms with Crippen LogP contribution < -0.4 is 20.1 Å². The first-order chi connectivity index (χ1) is 12.5. The van der Waals surface area contributed by atoms with E-state index in [1.54, 1.807) is 14.0 Å². The van der Waals surface area contributed by atoms with Crippen molar-refractivity contribution in [2.24, 2.45) is 10.9 Å². The molecule has 1 rings (SSSR count). The van der Waals surface area contributed by atoms with E-state index in [1.165, 1.54) is 7.11 Å². The maximum atomic E-state index is 11.4. The quantitative estimate of drug-likeness (QED) is 0.226. The van der Waals surface area contributed by atoms with Gasteiger partial charge in [-0.15, -0.1) is 24.0 Å². The zero-order chi connectivity index (χ0) is 19.4. The van der Waals surface area contributed by atoms with E-state index >= 15 is 0 Å². The van der Waals surface area contributed by atoms with Crippen molar-refractivity contribution in [3.63, 3.8) is 0 Å². The Hall–Kier alpha value is -1.71. The number of carbonyl (C=O) groups excluding carboxylic acids is 1. The number of rotatable bonds is 10. The van der Waals surface area contributed by atoms with Gasteiger partial charge < -0.3 is 24.8 Å². The van der Waals surface area contributed by atoms with E-state index in [2.05, 4.69) is 15.6 Å². The number of guanidine groups is 1. The van der Waals surface area contributed by atoms with Gasteiger partial charge in [0, 0.05) is 20.1 Å². The molecule has 1 unspecified atom stereocenters. The van der Waals surface area contributed by atoms with Gasteiger partial charge in [0.15, 0.2) is 17.5 Å². The average Bonchev–Trinajstić information content (AvgIpc) is 2.65. The molecule has 0 amide bonds. The predicted molar refractivity (Wildman–Crippen MR) is 118 cm³/mol. The number of carbonyl (C=O) groups is 1. The van der Waals surface area contributed by atoms with Crippen LogP contribution in [-0.2, 0) is 16.0 Å². The second kappa shape index (κ2) is 14.4. The number of hydrogen-bond acceptors (Lipinski definition) is 5. The highest BCUT2D eigenvalue weighted by molar-refractivity contribution is 14.0. The first kappa shape index (κ1) is 25.3. The second-order valence-electron chi connectivity index (χ2n) is 5.70. The molecular formula is C19H32IN3O4. The van der Waals surface area contributed by atoms with Gasteiger partial charge in [-0.3, -0.25) is 9.79 Å². The summed E-state index contributed by atoms with van der Waals surface area (Å²) in [6, 6.07) is 5.98. The highest BCUT2D eigenvalue weighted by Crippen LogP contribution is 2.28. The first-order valence-electron chi connectivity index (χ1n) is 8.96. The van der Waals surface area contributed by atoms with E-state index in [-0.39, 0.29) is 35.9 Å². The largest absolute Gasteiger partial charge is 0.490 e. The third-order valence-electron chi connectivity index (χ3n) is 3.72. The normalized spacial score (nSPS) is 11.8. The Labute approximate surface area is 179 Å². The van der Waals surface area contributed by atoms with Crippen molar-refractivity contribution in [1.29, 1.82) is 0 Å². The van der Waals surface area contributed by atoms with E-state index in [0.717, 1.165) is 23.5 Å². The molecule has 154 valence electrons. The summed E-state index contributed by atoms with van der Waals surface area (Å²) in [4.78, 5) is 15.6. The van der Waals surface area contributed by atoms with Crippen LogP contribution in [-0.4, -0.2) is 52.4 Å². The van der Waals surface area contributed by atoms with Gasteiger partial charge in [-0.1, -0.05) is 13.0 Å². The van der Waals surface area contributed by atoms with Crippen molar-refractivity contribution in [2.75, 3.05) is 40.5 Å². The van der Waals surface area contributed by atoms with Crippen LogP contribution in [0.25, 0.3) is 0 Å². The molecule has 0 saturated carbocycles. The molecule has 0 bridgehead atoms. The minimum absolute atomic E-state index is 0. The maximum Gasteiger partial charge on any atom is 0.310 e. The van der Waals surface area contributed by atoms with Gasteiger partial charge in [-0.2, -0.15) is 0 Å². The van der Waals surface area contributed by atoms with E-state index in [9.17, 15) is 4.79 Å². The number of methoxy groups -OCH3 is 1. The third kappa shape index (κ3) is 9.16. The Morgan fingerprint density at radius 1 is 1.15 bits per heavy atom. The molecule has 1 aromatic carbocycles. The zero-order valence-corrected chi connectivity index (χ0v) is 19.2. The number of aliphatic imine (C=N–C) groups is 1. The molecule has 0 spiro atoms. The molecule has 0 fully saturated rings. The molecule has 1 atom stereocenters. The van der Waals surface area contributed by atoms with Gasteiger partial charge in [0.25, 0.3) is 0 Å². The minimum atomic E-state index is -0.245. The van der Waals surface area contributed by atoms with Crippen molar-refractivity contribution in [3.05, 3.63) is 23.8 Å². The Kier molecular flexibility index (Phi) is 13.5. The summed E-state index contributed by atoms with van der Waals surface area (Å²) in [6.07, 6.45) is 0.805. The third-order valence-corrected chi connectivity index (χ3v) is 3.72. The lowest BCUT2D eigenvalue weighted by Gasteiger charge is -2.15. The van der Waals surface area contributed by atoms with Crippen LogP contribution in [0.2, 0.25) is 0 Å². The number of esters is 1. The fourth-order valence-corrected chi connectivity index (χ4v) is 2.33. The number of hydrogen-bond donors (Lipinski definition) is 2. The smallest absolute Gasteiger partial charge is 0.310 e. The Morgan fingerprint density at radius 2 is 1.81 bits per heavy atom. The molecule has 0 aliphatic carbocycles. The molecule has 0 radical (unpaired) electrons. The number of ether oxygens (including phenoxy) is 3. The second-order valence-corrected chi connectivity index (χ2v) is 5.70. The predicted octanol–water partition coefficient (Wildman–Crippen LogP) is 2.62. The molecule has 1 aromatic rings. The summed E-state index contributed by atoms with van der Waals surface area (Å²) in [5.74, 6) is 1.70.